The van der Waals surface area contributed by atoms with Gasteiger partial charge in [-0.05, 0) is 28.5 Å². The highest BCUT2D eigenvalue weighted by molar-refractivity contribution is 6.30. The van der Waals surface area contributed by atoms with Crippen molar-refractivity contribution in [1.82, 2.24) is 15.0 Å². The number of fused-ring (bicyclic) bond motifs is 1. The van der Waals surface area contributed by atoms with Crippen molar-refractivity contribution in [2.45, 2.75) is 6.54 Å². The molecule has 1 heterocycles. The summed E-state index contributed by atoms with van der Waals surface area (Å²) in [5, 5.41) is 11.7. The number of hydrogen-bond acceptors (Lipinski definition) is 2. The van der Waals surface area contributed by atoms with Gasteiger partial charge in [-0.2, -0.15) is 0 Å². The number of halogens is 1. The Morgan fingerprint density at radius 1 is 0.870 bits per heavy atom. The molecule has 0 radical (unpaired) electrons. The van der Waals surface area contributed by atoms with Gasteiger partial charge < -0.3 is 0 Å². The summed E-state index contributed by atoms with van der Waals surface area (Å²) in [5.41, 5.74) is 3.13. The van der Waals surface area contributed by atoms with Crippen LogP contribution in [-0.2, 0) is 6.54 Å². The summed E-state index contributed by atoms with van der Waals surface area (Å²) in [6.07, 6.45) is 1.98. The first-order valence-electron chi connectivity index (χ1n) is 7.42. The Kier molecular flexibility index (Phi) is 3.56. The van der Waals surface area contributed by atoms with E-state index in [4.69, 9.17) is 11.6 Å². The molecule has 0 saturated carbocycles. The zero-order valence-electron chi connectivity index (χ0n) is 12.4. The van der Waals surface area contributed by atoms with Crippen LogP contribution in [-0.4, -0.2) is 15.0 Å². The monoisotopic (exact) mass is 319 g/mol. The first-order valence-corrected chi connectivity index (χ1v) is 7.80. The van der Waals surface area contributed by atoms with E-state index in [0.29, 0.717) is 6.54 Å². The molecule has 3 nitrogen and oxygen atoms in total. The highest BCUT2D eigenvalue weighted by Crippen LogP contribution is 2.26. The van der Waals surface area contributed by atoms with E-state index in [1.165, 1.54) is 10.8 Å². The summed E-state index contributed by atoms with van der Waals surface area (Å²) >= 11 is 5.92. The third kappa shape index (κ3) is 2.83. The molecule has 0 aliphatic rings. The van der Waals surface area contributed by atoms with Crippen LogP contribution in [0.1, 0.15) is 5.56 Å². The molecule has 0 fully saturated rings. The number of rotatable bonds is 3. The SMILES string of the molecule is Clc1ccc(Cn2cc(-c3cccc4ccccc34)nn2)cc1. The van der Waals surface area contributed by atoms with E-state index in [2.05, 4.69) is 40.6 Å². The van der Waals surface area contributed by atoms with Crippen LogP contribution in [0.5, 0.6) is 0 Å². The first kappa shape index (κ1) is 14.0. The Balaban J connectivity index is 1.68. The number of nitrogens with zero attached hydrogens (tertiary/aromatic N) is 3. The maximum Gasteiger partial charge on any atom is 0.113 e. The molecule has 0 bridgehead atoms. The molecule has 4 rings (SSSR count). The van der Waals surface area contributed by atoms with Crippen LogP contribution in [0.25, 0.3) is 22.0 Å². The van der Waals surface area contributed by atoms with Gasteiger partial charge in [0.15, 0.2) is 0 Å². The van der Waals surface area contributed by atoms with Crippen molar-refractivity contribution < 1.29 is 0 Å². The normalized spacial score (nSPS) is 11.0. The molecule has 0 amide bonds. The van der Waals surface area contributed by atoms with Crippen molar-refractivity contribution in [3.05, 3.63) is 83.5 Å². The van der Waals surface area contributed by atoms with E-state index in [1.807, 2.05) is 47.3 Å². The average Bonchev–Trinajstić information content (AvgIpc) is 3.05. The predicted molar refractivity (Wildman–Crippen MR) is 93.5 cm³/mol. The van der Waals surface area contributed by atoms with Gasteiger partial charge in [-0.1, -0.05) is 71.4 Å². The summed E-state index contributed by atoms with van der Waals surface area (Å²) in [6, 6.07) is 22.3. The van der Waals surface area contributed by atoms with E-state index in [1.54, 1.807) is 0 Å². The number of benzene rings is 3. The van der Waals surface area contributed by atoms with E-state index < -0.39 is 0 Å². The minimum absolute atomic E-state index is 0.676. The number of hydrogen-bond donors (Lipinski definition) is 0. The lowest BCUT2D eigenvalue weighted by Crippen LogP contribution is -1.99. The summed E-state index contributed by atoms with van der Waals surface area (Å²) in [4.78, 5) is 0. The minimum Gasteiger partial charge on any atom is -0.247 e. The Labute approximate surface area is 139 Å². The first-order chi connectivity index (χ1) is 11.3. The van der Waals surface area contributed by atoms with E-state index in [0.717, 1.165) is 21.8 Å². The molecule has 0 atom stereocenters. The van der Waals surface area contributed by atoms with Crippen molar-refractivity contribution >= 4 is 22.4 Å². The lowest BCUT2D eigenvalue weighted by molar-refractivity contribution is 0.650. The fraction of sp³-hybridized carbons (Fsp3) is 0.0526. The van der Waals surface area contributed by atoms with Gasteiger partial charge in [0.25, 0.3) is 0 Å². The van der Waals surface area contributed by atoms with Crippen LogP contribution in [0.3, 0.4) is 0 Å². The van der Waals surface area contributed by atoms with E-state index in [-0.39, 0.29) is 0 Å². The number of aromatic nitrogens is 3. The molecular weight excluding hydrogens is 306 g/mol. The van der Waals surface area contributed by atoms with E-state index >= 15 is 0 Å². The van der Waals surface area contributed by atoms with Gasteiger partial charge >= 0.3 is 0 Å². The molecule has 3 aromatic carbocycles. The van der Waals surface area contributed by atoms with Gasteiger partial charge in [-0.3, -0.25) is 0 Å². The molecule has 0 N–H and O–H groups in total. The molecule has 112 valence electrons. The van der Waals surface area contributed by atoms with Crippen molar-refractivity contribution in [2.24, 2.45) is 0 Å². The highest BCUT2D eigenvalue weighted by Gasteiger charge is 2.08. The third-order valence-electron chi connectivity index (χ3n) is 3.86. The maximum atomic E-state index is 5.92. The lowest BCUT2D eigenvalue weighted by atomic mass is 10.0. The molecule has 0 aliphatic carbocycles. The molecule has 0 unspecified atom stereocenters. The van der Waals surface area contributed by atoms with Gasteiger partial charge in [0.1, 0.15) is 5.69 Å². The molecule has 1 aromatic heterocycles. The summed E-state index contributed by atoms with van der Waals surface area (Å²) in [7, 11) is 0. The molecular formula is C19H14ClN3. The van der Waals surface area contributed by atoms with Crippen LogP contribution >= 0.6 is 11.6 Å². The Morgan fingerprint density at radius 3 is 2.52 bits per heavy atom. The molecule has 0 saturated heterocycles. The van der Waals surface area contributed by atoms with Crippen molar-refractivity contribution in [2.75, 3.05) is 0 Å². The van der Waals surface area contributed by atoms with Crippen molar-refractivity contribution in [3.8, 4) is 11.3 Å². The summed E-state index contributed by atoms with van der Waals surface area (Å²) < 4.78 is 1.85. The topological polar surface area (TPSA) is 30.7 Å². The second kappa shape index (κ2) is 5.86. The fourth-order valence-electron chi connectivity index (χ4n) is 2.72. The smallest absolute Gasteiger partial charge is 0.113 e. The molecule has 23 heavy (non-hydrogen) atoms. The van der Waals surface area contributed by atoms with E-state index in [9.17, 15) is 0 Å². The Hall–Kier alpha value is -2.65. The third-order valence-corrected chi connectivity index (χ3v) is 4.11. The fourth-order valence-corrected chi connectivity index (χ4v) is 2.85. The maximum absolute atomic E-state index is 5.92. The largest absolute Gasteiger partial charge is 0.247 e. The zero-order valence-corrected chi connectivity index (χ0v) is 13.1. The zero-order chi connectivity index (χ0) is 15.6. The van der Waals surface area contributed by atoms with Crippen LogP contribution in [0.2, 0.25) is 5.02 Å². The lowest BCUT2D eigenvalue weighted by Gasteiger charge is -2.03. The van der Waals surface area contributed by atoms with Crippen molar-refractivity contribution in [1.29, 1.82) is 0 Å². The average molecular weight is 320 g/mol. The molecule has 4 aromatic rings. The summed E-state index contributed by atoms with van der Waals surface area (Å²) in [6.45, 7) is 0.676. The minimum atomic E-state index is 0.676. The van der Waals surface area contributed by atoms with Crippen LogP contribution in [0.15, 0.2) is 72.9 Å². The Bertz CT molecular complexity index is 952. The van der Waals surface area contributed by atoms with Crippen LogP contribution in [0, 0.1) is 0 Å². The van der Waals surface area contributed by atoms with Crippen molar-refractivity contribution in [3.63, 3.8) is 0 Å². The van der Waals surface area contributed by atoms with Gasteiger partial charge in [0.05, 0.1) is 12.7 Å². The van der Waals surface area contributed by atoms with Crippen LogP contribution in [0.4, 0.5) is 0 Å². The second-order valence-electron chi connectivity index (χ2n) is 5.45. The summed E-state index contributed by atoms with van der Waals surface area (Å²) in [5.74, 6) is 0. The second-order valence-corrected chi connectivity index (χ2v) is 5.89. The standard InChI is InChI=1S/C19H14ClN3/c20-16-10-8-14(9-11-16)12-23-13-19(21-22-23)18-7-3-5-15-4-1-2-6-17(15)18/h1-11,13H,12H2. The van der Waals surface area contributed by atoms with Crippen LogP contribution < -0.4 is 0 Å². The molecule has 0 spiro atoms. The quantitative estimate of drug-likeness (QED) is 0.543. The molecule has 4 heteroatoms. The van der Waals surface area contributed by atoms with Gasteiger partial charge in [-0.25, -0.2) is 4.68 Å². The molecule has 0 aliphatic heterocycles. The van der Waals surface area contributed by atoms with Gasteiger partial charge in [0, 0.05) is 10.6 Å². The Morgan fingerprint density at radius 2 is 1.65 bits per heavy atom. The highest BCUT2D eigenvalue weighted by atomic mass is 35.5. The predicted octanol–water partition coefficient (Wildman–Crippen LogP) is 4.80. The van der Waals surface area contributed by atoms with Gasteiger partial charge in [-0.15, -0.1) is 5.10 Å². The van der Waals surface area contributed by atoms with Gasteiger partial charge in [0.2, 0.25) is 0 Å².